The van der Waals surface area contributed by atoms with Gasteiger partial charge in [-0.2, -0.15) is 0 Å². The minimum absolute atomic E-state index is 0.0715. The highest BCUT2D eigenvalue weighted by Gasteiger charge is 2.19. The Kier molecular flexibility index (Phi) is 2.44. The number of quaternary nitrogens is 1. The van der Waals surface area contributed by atoms with Crippen molar-refractivity contribution < 1.29 is 4.92 Å². The molecule has 0 aliphatic heterocycles. The summed E-state index contributed by atoms with van der Waals surface area (Å²) in [5, 5.41) is 10.5. The lowest BCUT2D eigenvalue weighted by atomic mass is 10.2. The van der Waals surface area contributed by atoms with E-state index in [1.54, 1.807) is 6.07 Å². The maximum absolute atomic E-state index is 10.5. The van der Waals surface area contributed by atoms with Crippen LogP contribution >= 0.6 is 0 Å². The summed E-state index contributed by atoms with van der Waals surface area (Å²) in [6.07, 6.45) is 0. The third-order valence-corrected chi connectivity index (χ3v) is 1.95. The van der Waals surface area contributed by atoms with Crippen molar-refractivity contribution in [2.75, 3.05) is 26.9 Å². The predicted octanol–water partition coefficient (Wildman–Crippen LogP) is 1.37. The van der Waals surface area contributed by atoms with Crippen LogP contribution in [0.1, 0.15) is 0 Å². The molecule has 0 bridgehead atoms. The second kappa shape index (κ2) is 3.26. The zero-order valence-corrected chi connectivity index (χ0v) is 8.52. The van der Waals surface area contributed by atoms with Crippen molar-refractivity contribution in [1.82, 2.24) is 4.48 Å². The number of nitro benzene ring substituents is 1. The normalized spacial score (nSPS) is 11.4. The van der Waals surface area contributed by atoms with E-state index in [2.05, 4.69) is 0 Å². The van der Waals surface area contributed by atoms with Crippen LogP contribution in [0.25, 0.3) is 0 Å². The average molecular weight is 196 g/mol. The molecule has 0 fully saturated rings. The third-order valence-electron chi connectivity index (χ3n) is 1.95. The van der Waals surface area contributed by atoms with E-state index in [0.29, 0.717) is 10.2 Å². The van der Waals surface area contributed by atoms with Crippen molar-refractivity contribution in [3.05, 3.63) is 28.3 Å². The van der Waals surface area contributed by atoms with Crippen LogP contribution in [0, 0.1) is 10.1 Å². The van der Waals surface area contributed by atoms with E-state index in [4.69, 9.17) is 5.73 Å². The van der Waals surface area contributed by atoms with Crippen LogP contribution in [0.4, 0.5) is 17.1 Å². The molecule has 1 aromatic carbocycles. The van der Waals surface area contributed by atoms with Crippen molar-refractivity contribution in [1.29, 1.82) is 0 Å². The predicted molar refractivity (Wildman–Crippen MR) is 57.1 cm³/mol. The highest BCUT2D eigenvalue weighted by Crippen LogP contribution is 2.29. The molecule has 0 unspecified atom stereocenters. The first kappa shape index (κ1) is 10.5. The second-order valence-corrected chi connectivity index (χ2v) is 4.01. The van der Waals surface area contributed by atoms with E-state index < -0.39 is 4.92 Å². The summed E-state index contributed by atoms with van der Waals surface area (Å²) >= 11 is 0. The van der Waals surface area contributed by atoms with Gasteiger partial charge < -0.3 is 5.73 Å². The van der Waals surface area contributed by atoms with Crippen molar-refractivity contribution in [3.63, 3.8) is 0 Å². The number of anilines is 1. The Morgan fingerprint density at radius 3 is 2.36 bits per heavy atom. The molecule has 0 aliphatic rings. The van der Waals surface area contributed by atoms with Crippen LogP contribution in [0.2, 0.25) is 0 Å². The number of nitro groups is 1. The quantitative estimate of drug-likeness (QED) is 0.336. The number of hydrogen-bond acceptors (Lipinski definition) is 3. The summed E-state index contributed by atoms with van der Waals surface area (Å²) in [6.45, 7) is 0. The number of rotatable bonds is 2. The number of nitrogens with two attached hydrogens (primary N) is 1. The fourth-order valence-corrected chi connectivity index (χ4v) is 1.23. The van der Waals surface area contributed by atoms with Gasteiger partial charge in [-0.15, -0.1) is 0 Å². The molecule has 76 valence electrons. The van der Waals surface area contributed by atoms with Crippen molar-refractivity contribution in [2.45, 2.75) is 0 Å². The SMILES string of the molecule is C[N+](C)(C)c1cc([N+](=O)[O-])ccc1N. The van der Waals surface area contributed by atoms with Crippen LogP contribution in [0.15, 0.2) is 18.2 Å². The van der Waals surface area contributed by atoms with Crippen LogP contribution in [0.3, 0.4) is 0 Å². The number of benzene rings is 1. The van der Waals surface area contributed by atoms with Crippen LogP contribution in [0.5, 0.6) is 0 Å². The molecular formula is C9H14N3O2+. The first-order valence-electron chi connectivity index (χ1n) is 4.18. The Bertz CT molecular complexity index is 369. The van der Waals surface area contributed by atoms with Gasteiger partial charge in [-0.25, -0.2) is 0 Å². The van der Waals surface area contributed by atoms with Gasteiger partial charge in [0.05, 0.1) is 37.8 Å². The summed E-state index contributed by atoms with van der Waals surface area (Å²) in [5.41, 5.74) is 7.13. The van der Waals surface area contributed by atoms with Gasteiger partial charge in [0, 0.05) is 6.07 Å². The topological polar surface area (TPSA) is 69.2 Å². The highest BCUT2D eigenvalue weighted by molar-refractivity contribution is 5.68. The Balaban J connectivity index is 3.29. The minimum atomic E-state index is -0.418. The molecule has 0 aliphatic carbocycles. The zero-order chi connectivity index (χ0) is 10.9. The lowest BCUT2D eigenvalue weighted by Crippen LogP contribution is -2.35. The van der Waals surface area contributed by atoms with Gasteiger partial charge in [0.2, 0.25) is 0 Å². The van der Waals surface area contributed by atoms with Gasteiger partial charge in [0.25, 0.3) is 5.69 Å². The summed E-state index contributed by atoms with van der Waals surface area (Å²) in [7, 11) is 5.74. The van der Waals surface area contributed by atoms with Gasteiger partial charge in [-0.05, 0) is 6.07 Å². The Morgan fingerprint density at radius 1 is 1.36 bits per heavy atom. The molecule has 0 atom stereocenters. The molecule has 0 saturated carbocycles. The van der Waals surface area contributed by atoms with E-state index in [9.17, 15) is 10.1 Å². The molecule has 0 saturated heterocycles. The summed E-state index contributed by atoms with van der Waals surface area (Å²) in [4.78, 5) is 10.1. The minimum Gasteiger partial charge on any atom is -0.394 e. The molecule has 0 amide bonds. The Labute approximate surface area is 82.5 Å². The molecule has 2 N–H and O–H groups in total. The van der Waals surface area contributed by atoms with Crippen LogP contribution < -0.4 is 10.2 Å². The van der Waals surface area contributed by atoms with E-state index in [-0.39, 0.29) is 5.69 Å². The molecule has 0 aromatic heterocycles. The first-order chi connectivity index (χ1) is 6.32. The van der Waals surface area contributed by atoms with Crippen molar-refractivity contribution in [3.8, 4) is 0 Å². The standard InChI is InChI=1S/C9H14N3O2/c1-12(2,3)9-6-7(11(13)14)4-5-8(9)10/h4-6H,10H2,1-3H3/q+1. The van der Waals surface area contributed by atoms with Gasteiger partial charge in [-0.1, -0.05) is 0 Å². The molecule has 1 rings (SSSR count). The van der Waals surface area contributed by atoms with Crippen molar-refractivity contribution >= 4 is 17.1 Å². The van der Waals surface area contributed by atoms with Gasteiger partial charge >= 0.3 is 0 Å². The number of non-ortho nitro benzene ring substituents is 1. The van der Waals surface area contributed by atoms with Crippen LogP contribution in [-0.4, -0.2) is 26.1 Å². The van der Waals surface area contributed by atoms with Gasteiger partial charge in [0.15, 0.2) is 5.69 Å². The monoisotopic (exact) mass is 196 g/mol. The summed E-state index contributed by atoms with van der Waals surface area (Å²) in [6, 6.07) is 4.49. The molecule has 0 spiro atoms. The fourth-order valence-electron chi connectivity index (χ4n) is 1.23. The number of nitrogen functional groups attached to an aromatic ring is 1. The van der Waals surface area contributed by atoms with E-state index in [1.807, 2.05) is 21.1 Å². The molecule has 14 heavy (non-hydrogen) atoms. The van der Waals surface area contributed by atoms with E-state index >= 15 is 0 Å². The Hall–Kier alpha value is -1.62. The highest BCUT2D eigenvalue weighted by atomic mass is 16.6. The largest absolute Gasteiger partial charge is 0.394 e. The van der Waals surface area contributed by atoms with Gasteiger partial charge in [-0.3, -0.25) is 14.6 Å². The summed E-state index contributed by atoms with van der Waals surface area (Å²) in [5.74, 6) is 0. The van der Waals surface area contributed by atoms with E-state index in [1.165, 1.54) is 12.1 Å². The number of nitrogens with zero attached hydrogens (tertiary/aromatic N) is 2. The molecule has 5 heteroatoms. The number of hydrogen-bond donors (Lipinski definition) is 1. The van der Waals surface area contributed by atoms with Gasteiger partial charge in [0.1, 0.15) is 0 Å². The lowest BCUT2D eigenvalue weighted by molar-refractivity contribution is -0.384. The Morgan fingerprint density at radius 2 is 1.93 bits per heavy atom. The van der Waals surface area contributed by atoms with Crippen LogP contribution in [-0.2, 0) is 0 Å². The maximum Gasteiger partial charge on any atom is 0.275 e. The molecule has 0 radical (unpaired) electrons. The van der Waals surface area contributed by atoms with Crippen molar-refractivity contribution in [2.24, 2.45) is 0 Å². The summed E-state index contributed by atoms with van der Waals surface area (Å²) < 4.78 is 0.466. The molecule has 0 heterocycles. The molecular weight excluding hydrogens is 182 g/mol. The molecule has 5 nitrogen and oxygen atoms in total. The second-order valence-electron chi connectivity index (χ2n) is 4.01. The van der Waals surface area contributed by atoms with E-state index in [0.717, 1.165) is 5.69 Å². The maximum atomic E-state index is 10.5. The average Bonchev–Trinajstić information content (AvgIpc) is 2.02. The smallest absolute Gasteiger partial charge is 0.275 e. The third kappa shape index (κ3) is 2.00. The fraction of sp³-hybridized carbons (Fsp3) is 0.333. The first-order valence-corrected chi connectivity index (χ1v) is 4.18. The lowest BCUT2D eigenvalue weighted by Gasteiger charge is -2.24. The molecule has 1 aromatic rings. The zero-order valence-electron chi connectivity index (χ0n) is 8.52.